The van der Waals surface area contributed by atoms with Crippen molar-refractivity contribution in [3.8, 4) is 22.8 Å². The Hall–Kier alpha value is -2.93. The van der Waals surface area contributed by atoms with Crippen LogP contribution in [0, 0.1) is 13.8 Å². The van der Waals surface area contributed by atoms with Crippen LogP contribution in [0.1, 0.15) is 30.3 Å². The third-order valence-corrected chi connectivity index (χ3v) is 5.50. The maximum atomic E-state index is 5.43. The molecule has 0 radical (unpaired) electrons. The molecular formula is C22H23N5OS. The molecule has 0 N–H and O–H groups in total. The molecule has 0 spiro atoms. The van der Waals surface area contributed by atoms with Crippen molar-refractivity contribution < 1.29 is 4.52 Å². The predicted octanol–water partition coefficient (Wildman–Crippen LogP) is 5.31. The summed E-state index contributed by atoms with van der Waals surface area (Å²) in [6.07, 6.45) is 1.00. The Morgan fingerprint density at radius 1 is 0.966 bits per heavy atom. The molecule has 0 aliphatic heterocycles. The van der Waals surface area contributed by atoms with Crippen LogP contribution >= 0.6 is 11.8 Å². The average Bonchev–Trinajstić information content (AvgIpc) is 3.35. The van der Waals surface area contributed by atoms with E-state index < -0.39 is 0 Å². The topological polar surface area (TPSA) is 69.6 Å². The van der Waals surface area contributed by atoms with Crippen molar-refractivity contribution in [3.05, 3.63) is 65.5 Å². The fourth-order valence-electron chi connectivity index (χ4n) is 3.07. The van der Waals surface area contributed by atoms with Crippen LogP contribution in [0.4, 0.5) is 0 Å². The molecule has 0 fully saturated rings. The second-order valence-electron chi connectivity index (χ2n) is 7.00. The van der Waals surface area contributed by atoms with Gasteiger partial charge in [0.25, 0.3) is 5.89 Å². The van der Waals surface area contributed by atoms with Crippen molar-refractivity contribution in [2.75, 3.05) is 0 Å². The van der Waals surface area contributed by atoms with Crippen molar-refractivity contribution in [3.63, 3.8) is 0 Å². The van der Waals surface area contributed by atoms with Gasteiger partial charge in [-0.3, -0.25) is 0 Å². The van der Waals surface area contributed by atoms with Gasteiger partial charge in [0, 0.05) is 17.7 Å². The summed E-state index contributed by atoms with van der Waals surface area (Å²) in [5.41, 5.74) is 4.41. The van der Waals surface area contributed by atoms with Crippen LogP contribution in [0.3, 0.4) is 0 Å². The van der Waals surface area contributed by atoms with Crippen LogP contribution in [-0.4, -0.2) is 24.9 Å². The molecule has 0 saturated heterocycles. The zero-order valence-corrected chi connectivity index (χ0v) is 17.6. The first-order valence-electron chi connectivity index (χ1n) is 9.66. The third kappa shape index (κ3) is 4.40. The highest BCUT2D eigenvalue weighted by Gasteiger charge is 2.16. The molecule has 0 aliphatic rings. The maximum Gasteiger partial charge on any atom is 0.257 e. The first-order chi connectivity index (χ1) is 14.1. The Labute approximate surface area is 174 Å². The van der Waals surface area contributed by atoms with Gasteiger partial charge in [-0.25, -0.2) is 0 Å². The number of hydrogen-bond acceptors (Lipinski definition) is 6. The summed E-state index contributed by atoms with van der Waals surface area (Å²) in [6, 6.07) is 16.4. The summed E-state index contributed by atoms with van der Waals surface area (Å²) in [5, 5.41) is 13.9. The second kappa shape index (κ2) is 8.61. The number of aromatic nitrogens is 5. The molecule has 4 rings (SSSR count). The smallest absolute Gasteiger partial charge is 0.257 e. The van der Waals surface area contributed by atoms with E-state index in [1.807, 2.05) is 30.3 Å². The van der Waals surface area contributed by atoms with E-state index in [0.717, 1.165) is 35.1 Å². The van der Waals surface area contributed by atoms with Crippen molar-refractivity contribution >= 4 is 11.8 Å². The highest BCUT2D eigenvalue weighted by molar-refractivity contribution is 7.98. The number of aryl methyl sites for hydroxylation is 2. The highest BCUT2D eigenvalue weighted by atomic mass is 32.2. The van der Waals surface area contributed by atoms with E-state index in [2.05, 4.69) is 63.9 Å². The minimum atomic E-state index is 0.538. The van der Waals surface area contributed by atoms with Crippen molar-refractivity contribution in [2.24, 2.45) is 0 Å². The molecule has 2 aromatic heterocycles. The van der Waals surface area contributed by atoms with Gasteiger partial charge in [-0.05, 0) is 38.5 Å². The minimum absolute atomic E-state index is 0.538. The van der Waals surface area contributed by atoms with Crippen LogP contribution in [-0.2, 0) is 12.3 Å². The SMILES string of the molecule is CCCn1c(SCc2noc(-c3ccc(C)cc3)n2)nnc1-c1cccc(C)c1. The van der Waals surface area contributed by atoms with Gasteiger partial charge in [0.05, 0.1) is 5.75 Å². The van der Waals surface area contributed by atoms with Crippen LogP contribution in [0.5, 0.6) is 0 Å². The van der Waals surface area contributed by atoms with E-state index in [-0.39, 0.29) is 0 Å². The minimum Gasteiger partial charge on any atom is -0.334 e. The number of thioether (sulfide) groups is 1. The molecular weight excluding hydrogens is 382 g/mol. The molecule has 4 aromatic rings. The normalized spacial score (nSPS) is 11.1. The lowest BCUT2D eigenvalue weighted by molar-refractivity contribution is 0.425. The largest absolute Gasteiger partial charge is 0.334 e. The Morgan fingerprint density at radius 3 is 2.55 bits per heavy atom. The summed E-state index contributed by atoms with van der Waals surface area (Å²) < 4.78 is 7.59. The zero-order valence-electron chi connectivity index (χ0n) is 16.8. The molecule has 148 valence electrons. The predicted molar refractivity (Wildman–Crippen MR) is 115 cm³/mol. The molecule has 0 amide bonds. The van der Waals surface area contributed by atoms with Gasteiger partial charge in [0.15, 0.2) is 16.8 Å². The molecule has 29 heavy (non-hydrogen) atoms. The van der Waals surface area contributed by atoms with Gasteiger partial charge in [-0.1, -0.05) is 65.3 Å². The average molecular weight is 406 g/mol. The van der Waals surface area contributed by atoms with E-state index >= 15 is 0 Å². The Bertz CT molecular complexity index is 1100. The number of hydrogen-bond donors (Lipinski definition) is 0. The van der Waals surface area contributed by atoms with Crippen molar-refractivity contribution in [2.45, 2.75) is 44.6 Å². The molecule has 0 aliphatic carbocycles. The zero-order chi connectivity index (χ0) is 20.2. The van der Waals surface area contributed by atoms with Gasteiger partial charge >= 0.3 is 0 Å². The van der Waals surface area contributed by atoms with Gasteiger partial charge in [-0.2, -0.15) is 4.98 Å². The summed E-state index contributed by atoms with van der Waals surface area (Å²) in [6.45, 7) is 7.15. The van der Waals surface area contributed by atoms with Crippen LogP contribution in [0.2, 0.25) is 0 Å². The molecule has 7 heteroatoms. The van der Waals surface area contributed by atoms with Gasteiger partial charge in [0.2, 0.25) is 0 Å². The molecule has 2 heterocycles. The first-order valence-corrected chi connectivity index (χ1v) is 10.6. The van der Waals surface area contributed by atoms with Crippen LogP contribution < -0.4 is 0 Å². The lowest BCUT2D eigenvalue weighted by Crippen LogP contribution is -2.02. The van der Waals surface area contributed by atoms with E-state index in [4.69, 9.17) is 4.52 Å². The molecule has 2 aromatic carbocycles. The quantitative estimate of drug-likeness (QED) is 0.388. The molecule has 6 nitrogen and oxygen atoms in total. The monoisotopic (exact) mass is 405 g/mol. The Morgan fingerprint density at radius 2 is 1.79 bits per heavy atom. The molecule has 0 unspecified atom stereocenters. The summed E-state index contributed by atoms with van der Waals surface area (Å²) >= 11 is 1.58. The maximum absolute atomic E-state index is 5.43. The van der Waals surface area contributed by atoms with E-state index in [1.165, 1.54) is 11.1 Å². The molecule has 0 bridgehead atoms. The first kappa shape index (κ1) is 19.4. The standard InChI is InChI=1S/C22H23N5OS/c1-4-12-27-20(18-7-5-6-16(3)13-18)24-25-22(27)29-14-19-23-21(28-26-19)17-10-8-15(2)9-11-17/h5-11,13H,4,12,14H2,1-3H3. The van der Waals surface area contributed by atoms with Crippen LogP contribution in [0.25, 0.3) is 22.8 Å². The number of nitrogens with zero attached hydrogens (tertiary/aromatic N) is 5. The Balaban J connectivity index is 1.52. The summed E-state index contributed by atoms with van der Waals surface area (Å²) in [4.78, 5) is 4.52. The second-order valence-corrected chi connectivity index (χ2v) is 7.94. The Kier molecular flexibility index (Phi) is 5.76. The van der Waals surface area contributed by atoms with Crippen molar-refractivity contribution in [1.82, 2.24) is 24.9 Å². The molecule has 0 saturated carbocycles. The van der Waals surface area contributed by atoms with Gasteiger partial charge in [-0.15, -0.1) is 10.2 Å². The van der Waals surface area contributed by atoms with Gasteiger partial charge < -0.3 is 9.09 Å². The number of benzene rings is 2. The third-order valence-electron chi connectivity index (χ3n) is 4.54. The lowest BCUT2D eigenvalue weighted by atomic mass is 10.1. The number of rotatable bonds is 7. The fraction of sp³-hybridized carbons (Fsp3) is 0.273. The lowest BCUT2D eigenvalue weighted by Gasteiger charge is -2.08. The fourth-order valence-corrected chi connectivity index (χ4v) is 3.88. The van der Waals surface area contributed by atoms with E-state index in [1.54, 1.807) is 11.8 Å². The molecule has 0 atom stereocenters. The van der Waals surface area contributed by atoms with Crippen LogP contribution in [0.15, 0.2) is 58.2 Å². The summed E-state index contributed by atoms with van der Waals surface area (Å²) in [7, 11) is 0. The van der Waals surface area contributed by atoms with Crippen molar-refractivity contribution in [1.29, 1.82) is 0 Å². The van der Waals surface area contributed by atoms with Gasteiger partial charge in [0.1, 0.15) is 0 Å². The van der Waals surface area contributed by atoms with E-state index in [9.17, 15) is 0 Å². The summed E-state index contributed by atoms with van der Waals surface area (Å²) in [5.74, 6) is 2.65. The highest BCUT2D eigenvalue weighted by Crippen LogP contribution is 2.27. The van der Waals surface area contributed by atoms with E-state index in [0.29, 0.717) is 17.5 Å².